The molecular formula is C19H26ClN5. The van der Waals surface area contributed by atoms with Gasteiger partial charge in [0.15, 0.2) is 11.6 Å². The second-order valence-corrected chi connectivity index (χ2v) is 7.17. The molecule has 134 valence electrons. The molecule has 0 amide bonds. The zero-order chi connectivity index (χ0) is 17.8. The van der Waals surface area contributed by atoms with Crippen LogP contribution in [0, 0.1) is 0 Å². The third kappa shape index (κ3) is 4.10. The first-order valence-electron chi connectivity index (χ1n) is 9.13. The molecule has 1 aliphatic rings. The van der Waals surface area contributed by atoms with E-state index in [1.165, 1.54) is 19.3 Å². The molecule has 2 heterocycles. The van der Waals surface area contributed by atoms with Gasteiger partial charge in [-0.1, -0.05) is 31.9 Å². The quantitative estimate of drug-likeness (QED) is 0.784. The van der Waals surface area contributed by atoms with Gasteiger partial charge in [-0.15, -0.1) is 10.2 Å². The SMILES string of the molecule is CCN(c1nnc(-c2ccc(Cl)cc2)nc1C(C)C)N1CCCCC1. The molecule has 0 bridgehead atoms. The molecule has 0 unspecified atom stereocenters. The van der Waals surface area contributed by atoms with Crippen LogP contribution in [-0.4, -0.2) is 39.8 Å². The Morgan fingerprint density at radius 3 is 2.36 bits per heavy atom. The lowest BCUT2D eigenvalue weighted by atomic mass is 10.1. The summed E-state index contributed by atoms with van der Waals surface area (Å²) in [5.41, 5.74) is 1.93. The molecule has 25 heavy (non-hydrogen) atoms. The van der Waals surface area contributed by atoms with Gasteiger partial charge in [0.25, 0.3) is 0 Å². The van der Waals surface area contributed by atoms with Gasteiger partial charge in [-0.05, 0) is 49.9 Å². The van der Waals surface area contributed by atoms with Crippen LogP contribution < -0.4 is 5.01 Å². The lowest BCUT2D eigenvalue weighted by Crippen LogP contribution is -2.46. The lowest BCUT2D eigenvalue weighted by molar-refractivity contribution is 0.207. The number of benzene rings is 1. The number of aromatic nitrogens is 3. The average molecular weight is 360 g/mol. The van der Waals surface area contributed by atoms with E-state index < -0.39 is 0 Å². The minimum atomic E-state index is 0.274. The Labute approximate surface area is 155 Å². The smallest absolute Gasteiger partial charge is 0.187 e. The highest BCUT2D eigenvalue weighted by atomic mass is 35.5. The number of hydrogen-bond acceptors (Lipinski definition) is 5. The van der Waals surface area contributed by atoms with Gasteiger partial charge in [0, 0.05) is 30.2 Å². The standard InChI is InChI=1S/C19H26ClN5/c1-4-25(24-12-6-5-7-13-24)19-17(14(2)3)21-18(22-23-19)15-8-10-16(20)11-9-15/h8-11,14H,4-7,12-13H2,1-3H3. The van der Waals surface area contributed by atoms with E-state index in [1.807, 2.05) is 24.3 Å². The Morgan fingerprint density at radius 2 is 1.76 bits per heavy atom. The summed E-state index contributed by atoms with van der Waals surface area (Å²) in [6, 6.07) is 7.58. The van der Waals surface area contributed by atoms with Gasteiger partial charge >= 0.3 is 0 Å². The van der Waals surface area contributed by atoms with Crippen molar-refractivity contribution in [3.63, 3.8) is 0 Å². The average Bonchev–Trinajstić information content (AvgIpc) is 2.64. The van der Waals surface area contributed by atoms with Crippen molar-refractivity contribution in [1.82, 2.24) is 20.2 Å². The van der Waals surface area contributed by atoms with Crippen LogP contribution in [0.2, 0.25) is 5.02 Å². The second kappa shape index (κ2) is 8.11. The predicted molar refractivity (Wildman–Crippen MR) is 103 cm³/mol. The van der Waals surface area contributed by atoms with Crippen LogP contribution in [0.3, 0.4) is 0 Å². The molecule has 2 aromatic rings. The zero-order valence-electron chi connectivity index (χ0n) is 15.2. The molecule has 1 aromatic carbocycles. The van der Waals surface area contributed by atoms with Gasteiger partial charge in [0.1, 0.15) is 0 Å². The van der Waals surface area contributed by atoms with E-state index in [2.05, 4.69) is 41.0 Å². The molecule has 0 atom stereocenters. The molecule has 0 N–H and O–H groups in total. The maximum absolute atomic E-state index is 5.98. The maximum atomic E-state index is 5.98. The summed E-state index contributed by atoms with van der Waals surface area (Å²) < 4.78 is 0. The summed E-state index contributed by atoms with van der Waals surface area (Å²) in [7, 11) is 0. The largest absolute Gasteiger partial charge is 0.287 e. The first-order chi connectivity index (χ1) is 12.1. The lowest BCUT2D eigenvalue weighted by Gasteiger charge is -2.38. The molecule has 0 aliphatic carbocycles. The van der Waals surface area contributed by atoms with Gasteiger partial charge in [-0.25, -0.2) is 9.99 Å². The van der Waals surface area contributed by atoms with Crippen molar-refractivity contribution in [3.8, 4) is 11.4 Å². The molecule has 0 radical (unpaired) electrons. The van der Waals surface area contributed by atoms with Crippen LogP contribution in [0.25, 0.3) is 11.4 Å². The number of hydrazine groups is 1. The summed E-state index contributed by atoms with van der Waals surface area (Å²) in [6.07, 6.45) is 3.78. The third-order valence-electron chi connectivity index (χ3n) is 4.56. The van der Waals surface area contributed by atoms with Crippen LogP contribution in [0.5, 0.6) is 0 Å². The number of piperidine rings is 1. The van der Waals surface area contributed by atoms with Gasteiger partial charge in [-0.2, -0.15) is 0 Å². The number of anilines is 1. The van der Waals surface area contributed by atoms with E-state index in [0.29, 0.717) is 10.8 Å². The fourth-order valence-corrected chi connectivity index (χ4v) is 3.35. The Kier molecular flexibility index (Phi) is 5.86. The highest BCUT2D eigenvalue weighted by molar-refractivity contribution is 6.30. The summed E-state index contributed by atoms with van der Waals surface area (Å²) in [5.74, 6) is 1.81. The molecule has 1 saturated heterocycles. The number of hydrogen-bond donors (Lipinski definition) is 0. The third-order valence-corrected chi connectivity index (χ3v) is 4.81. The summed E-state index contributed by atoms with van der Waals surface area (Å²) in [4.78, 5) is 4.85. The zero-order valence-corrected chi connectivity index (χ0v) is 16.0. The van der Waals surface area contributed by atoms with E-state index in [-0.39, 0.29) is 5.92 Å². The predicted octanol–water partition coefficient (Wildman–Crippen LogP) is 4.54. The van der Waals surface area contributed by atoms with Gasteiger partial charge < -0.3 is 0 Å². The number of halogens is 1. The van der Waals surface area contributed by atoms with Crippen molar-refractivity contribution < 1.29 is 0 Å². The van der Waals surface area contributed by atoms with Crippen LogP contribution in [-0.2, 0) is 0 Å². The minimum Gasteiger partial charge on any atom is -0.287 e. The monoisotopic (exact) mass is 359 g/mol. The minimum absolute atomic E-state index is 0.274. The molecule has 1 fully saturated rings. The Hall–Kier alpha value is -1.72. The summed E-state index contributed by atoms with van der Waals surface area (Å²) in [6.45, 7) is 9.49. The Bertz CT molecular complexity index is 695. The topological polar surface area (TPSA) is 45.2 Å². The van der Waals surface area contributed by atoms with Crippen molar-refractivity contribution in [3.05, 3.63) is 35.0 Å². The fraction of sp³-hybridized carbons (Fsp3) is 0.526. The van der Waals surface area contributed by atoms with E-state index in [1.54, 1.807) is 0 Å². The van der Waals surface area contributed by atoms with Crippen LogP contribution in [0.1, 0.15) is 51.6 Å². The van der Waals surface area contributed by atoms with Gasteiger partial charge in [-0.3, -0.25) is 5.01 Å². The molecule has 6 heteroatoms. The van der Waals surface area contributed by atoms with Gasteiger partial charge in [0.2, 0.25) is 0 Å². The first-order valence-corrected chi connectivity index (χ1v) is 9.51. The summed E-state index contributed by atoms with van der Waals surface area (Å²) >= 11 is 5.98. The van der Waals surface area contributed by atoms with E-state index in [4.69, 9.17) is 16.6 Å². The van der Waals surface area contributed by atoms with Gasteiger partial charge in [0.05, 0.1) is 5.69 Å². The Morgan fingerprint density at radius 1 is 1.08 bits per heavy atom. The molecule has 1 aromatic heterocycles. The second-order valence-electron chi connectivity index (χ2n) is 6.74. The Balaban J connectivity index is 1.97. The van der Waals surface area contributed by atoms with Crippen molar-refractivity contribution in [2.75, 3.05) is 24.6 Å². The van der Waals surface area contributed by atoms with Crippen molar-refractivity contribution in [2.24, 2.45) is 0 Å². The molecular weight excluding hydrogens is 334 g/mol. The van der Waals surface area contributed by atoms with Crippen molar-refractivity contribution in [2.45, 2.75) is 46.0 Å². The van der Waals surface area contributed by atoms with Crippen LogP contribution in [0.15, 0.2) is 24.3 Å². The molecule has 1 aliphatic heterocycles. The molecule has 0 saturated carbocycles. The molecule has 0 spiro atoms. The number of rotatable bonds is 5. The fourth-order valence-electron chi connectivity index (χ4n) is 3.23. The van der Waals surface area contributed by atoms with Crippen molar-refractivity contribution >= 4 is 17.4 Å². The maximum Gasteiger partial charge on any atom is 0.187 e. The number of nitrogens with zero attached hydrogens (tertiary/aromatic N) is 5. The van der Waals surface area contributed by atoms with E-state index >= 15 is 0 Å². The highest BCUT2D eigenvalue weighted by Crippen LogP contribution is 2.28. The van der Waals surface area contributed by atoms with Crippen LogP contribution >= 0.6 is 11.6 Å². The summed E-state index contributed by atoms with van der Waals surface area (Å²) in [5, 5.41) is 14.3. The first kappa shape index (κ1) is 18.1. The normalized spacial score (nSPS) is 15.6. The van der Waals surface area contributed by atoms with Crippen molar-refractivity contribution in [1.29, 1.82) is 0 Å². The van der Waals surface area contributed by atoms with E-state index in [0.717, 1.165) is 36.7 Å². The highest BCUT2D eigenvalue weighted by Gasteiger charge is 2.24. The van der Waals surface area contributed by atoms with E-state index in [9.17, 15) is 0 Å². The van der Waals surface area contributed by atoms with Crippen LogP contribution in [0.4, 0.5) is 5.82 Å². The molecule has 3 rings (SSSR count). The molecule has 5 nitrogen and oxygen atoms in total.